The first-order valence-corrected chi connectivity index (χ1v) is 11.9. The van der Waals surface area contributed by atoms with Crippen molar-refractivity contribution in [3.63, 3.8) is 0 Å². The minimum atomic E-state index is -0.310. The van der Waals surface area contributed by atoms with Gasteiger partial charge in [-0.3, -0.25) is 9.79 Å². The molecule has 3 heterocycles. The third kappa shape index (κ3) is 2.91. The number of aliphatic imine (C=N–C) groups is 1. The summed E-state index contributed by atoms with van der Waals surface area (Å²) >= 11 is 0. The molecule has 3 aliphatic heterocycles. The number of hydrogen-bond donors (Lipinski definition) is 2. The number of carbonyl (C=O) groups is 1. The Balaban J connectivity index is 1.34. The lowest BCUT2D eigenvalue weighted by Crippen LogP contribution is -2.62. The highest BCUT2D eigenvalue weighted by Gasteiger charge is 2.57. The van der Waals surface area contributed by atoms with Crippen LogP contribution in [-0.4, -0.2) is 47.2 Å². The molecule has 4 unspecified atom stereocenters. The van der Waals surface area contributed by atoms with Gasteiger partial charge >= 0.3 is 0 Å². The quantitative estimate of drug-likeness (QED) is 0.725. The van der Waals surface area contributed by atoms with Gasteiger partial charge in [0.05, 0.1) is 23.7 Å². The van der Waals surface area contributed by atoms with Crippen molar-refractivity contribution >= 4 is 11.6 Å². The van der Waals surface area contributed by atoms with E-state index in [2.05, 4.69) is 40.1 Å². The number of fused-ring (bicyclic) bond motifs is 2. The van der Waals surface area contributed by atoms with Crippen molar-refractivity contribution in [2.45, 2.75) is 56.1 Å². The molecule has 164 valence electrons. The van der Waals surface area contributed by atoms with E-state index in [4.69, 9.17) is 10.3 Å². The Morgan fingerprint density at radius 2 is 2.00 bits per heavy atom. The number of nitrogens with zero attached hydrogens (tertiary/aromatic N) is 3. The molecular formula is C26H29N5O. The zero-order valence-corrected chi connectivity index (χ0v) is 18.3. The highest BCUT2D eigenvalue weighted by molar-refractivity contribution is 5.99. The van der Waals surface area contributed by atoms with Gasteiger partial charge in [-0.15, -0.1) is 0 Å². The monoisotopic (exact) mass is 427 g/mol. The van der Waals surface area contributed by atoms with Crippen LogP contribution in [0.1, 0.15) is 54.4 Å². The Bertz CT molecular complexity index is 1060. The summed E-state index contributed by atoms with van der Waals surface area (Å²) in [5, 5.41) is 16.1. The Labute approximate surface area is 189 Å². The fourth-order valence-corrected chi connectivity index (χ4v) is 6.44. The van der Waals surface area contributed by atoms with E-state index in [0.29, 0.717) is 17.2 Å². The smallest absolute Gasteiger partial charge is 0.166 e. The van der Waals surface area contributed by atoms with Crippen molar-refractivity contribution in [2.24, 2.45) is 16.8 Å². The second kappa shape index (κ2) is 7.51. The molecule has 0 bridgehead atoms. The van der Waals surface area contributed by atoms with Gasteiger partial charge in [-0.25, -0.2) is 0 Å². The molecule has 0 amide bonds. The number of carbonyl (C=O) groups excluding carboxylic acids is 1. The average Bonchev–Trinajstić information content (AvgIpc) is 2.98. The predicted molar refractivity (Wildman–Crippen MR) is 123 cm³/mol. The third-order valence-electron chi connectivity index (χ3n) is 8.33. The van der Waals surface area contributed by atoms with E-state index >= 15 is 0 Å². The Morgan fingerprint density at radius 3 is 2.75 bits per heavy atom. The van der Waals surface area contributed by atoms with Crippen LogP contribution in [0.3, 0.4) is 0 Å². The van der Waals surface area contributed by atoms with Crippen LogP contribution in [0.5, 0.6) is 0 Å². The lowest BCUT2D eigenvalue weighted by molar-refractivity contribution is 0.0772. The molecule has 2 aliphatic carbocycles. The average molecular weight is 428 g/mol. The molecule has 6 rings (SSSR count). The Morgan fingerprint density at radius 1 is 1.16 bits per heavy atom. The van der Waals surface area contributed by atoms with E-state index in [0.717, 1.165) is 44.1 Å². The summed E-state index contributed by atoms with van der Waals surface area (Å²) in [6, 6.07) is 9.94. The molecule has 0 saturated heterocycles. The first kappa shape index (κ1) is 19.6. The second-order valence-corrected chi connectivity index (χ2v) is 9.89. The lowest BCUT2D eigenvalue weighted by atomic mass is 9.66. The van der Waals surface area contributed by atoms with Gasteiger partial charge in [0, 0.05) is 30.8 Å². The number of rotatable bonds is 3. The fraction of sp³-hybridized carbons (Fsp3) is 0.500. The highest BCUT2D eigenvalue weighted by atomic mass is 16.1. The van der Waals surface area contributed by atoms with Crippen LogP contribution in [0.2, 0.25) is 0 Å². The SMILES string of the molecule is N#Cc1ccc(C(=O)C2CCC3=CNCC4N5C(=NC34C2)C=CNCC5C2CCC2)cc1. The maximum absolute atomic E-state index is 13.5. The normalized spacial score (nSPS) is 33.1. The van der Waals surface area contributed by atoms with Crippen molar-refractivity contribution in [2.75, 3.05) is 13.1 Å². The van der Waals surface area contributed by atoms with Crippen molar-refractivity contribution in [3.8, 4) is 6.07 Å². The van der Waals surface area contributed by atoms with Crippen LogP contribution in [0.15, 0.2) is 53.3 Å². The van der Waals surface area contributed by atoms with Gasteiger partial charge in [0.25, 0.3) is 0 Å². The van der Waals surface area contributed by atoms with Crippen LogP contribution in [0.4, 0.5) is 0 Å². The predicted octanol–water partition coefficient (Wildman–Crippen LogP) is 3.14. The number of hydrogen-bond acceptors (Lipinski definition) is 6. The summed E-state index contributed by atoms with van der Waals surface area (Å²) in [5.41, 5.74) is 2.34. The zero-order chi connectivity index (χ0) is 21.7. The molecule has 1 spiro atoms. The number of Topliss-reactive ketones (excluding diaryl/α,β-unsaturated/α-hetero) is 1. The summed E-state index contributed by atoms with van der Waals surface area (Å²) in [7, 11) is 0. The largest absolute Gasteiger partial charge is 0.389 e. The molecule has 1 aromatic rings. The summed E-state index contributed by atoms with van der Waals surface area (Å²) in [6.07, 6.45) is 12.8. The molecule has 1 aromatic carbocycles. The number of nitriles is 1. The minimum Gasteiger partial charge on any atom is -0.389 e. The molecule has 0 aromatic heterocycles. The highest BCUT2D eigenvalue weighted by Crippen LogP contribution is 2.50. The van der Waals surface area contributed by atoms with Crippen molar-refractivity contribution < 1.29 is 4.79 Å². The summed E-state index contributed by atoms with van der Waals surface area (Å²) < 4.78 is 0. The number of nitrogens with one attached hydrogen (secondary N) is 2. The van der Waals surface area contributed by atoms with Crippen LogP contribution in [0.25, 0.3) is 0 Å². The first-order chi connectivity index (χ1) is 15.7. The van der Waals surface area contributed by atoms with Gasteiger partial charge < -0.3 is 15.5 Å². The fourth-order valence-electron chi connectivity index (χ4n) is 6.44. The van der Waals surface area contributed by atoms with Crippen molar-refractivity contribution in [3.05, 3.63) is 59.4 Å². The van der Waals surface area contributed by atoms with E-state index < -0.39 is 0 Å². The molecule has 4 atom stereocenters. The maximum atomic E-state index is 13.5. The summed E-state index contributed by atoms with van der Waals surface area (Å²) in [4.78, 5) is 21.4. The van der Waals surface area contributed by atoms with Crippen molar-refractivity contribution in [1.82, 2.24) is 15.5 Å². The van der Waals surface area contributed by atoms with Gasteiger partial charge in [-0.1, -0.05) is 18.6 Å². The van der Waals surface area contributed by atoms with Crippen LogP contribution in [0, 0.1) is 23.2 Å². The molecule has 0 radical (unpaired) electrons. The van der Waals surface area contributed by atoms with E-state index in [1.54, 1.807) is 24.3 Å². The van der Waals surface area contributed by atoms with Crippen molar-refractivity contribution in [1.29, 1.82) is 5.26 Å². The molecule has 6 nitrogen and oxygen atoms in total. The standard InChI is InChI=1S/C26H29N5O/c27-13-17-4-6-19(7-5-17)25(32)20-8-9-21-14-29-16-23-26(21,12-20)30-24-10-11-28-15-22(31(23)24)18-2-1-3-18/h4-7,10-11,14,18,20,22-23,28-29H,1-3,8-9,12,15-16H2. The molecule has 2 saturated carbocycles. The van der Waals surface area contributed by atoms with Crippen LogP contribution in [-0.2, 0) is 0 Å². The second-order valence-electron chi connectivity index (χ2n) is 9.89. The topological polar surface area (TPSA) is 80.5 Å². The lowest BCUT2D eigenvalue weighted by Gasteiger charge is -2.50. The maximum Gasteiger partial charge on any atom is 0.166 e. The molecular weight excluding hydrogens is 398 g/mol. The molecule has 32 heavy (non-hydrogen) atoms. The van der Waals surface area contributed by atoms with E-state index in [-0.39, 0.29) is 23.3 Å². The molecule has 5 aliphatic rings. The van der Waals surface area contributed by atoms with Crippen LogP contribution < -0.4 is 10.6 Å². The third-order valence-corrected chi connectivity index (χ3v) is 8.33. The molecule has 2 fully saturated rings. The number of benzene rings is 1. The first-order valence-electron chi connectivity index (χ1n) is 11.9. The van der Waals surface area contributed by atoms with Gasteiger partial charge in [0.15, 0.2) is 5.78 Å². The van der Waals surface area contributed by atoms with E-state index in [1.165, 1.54) is 24.8 Å². The minimum absolute atomic E-state index is 0.0437. The van der Waals surface area contributed by atoms with Gasteiger partial charge in [0.2, 0.25) is 0 Å². The number of ketones is 1. The molecule has 2 N–H and O–H groups in total. The van der Waals surface area contributed by atoms with Gasteiger partial charge in [-0.05, 0) is 68.0 Å². The Kier molecular flexibility index (Phi) is 4.60. The van der Waals surface area contributed by atoms with Gasteiger partial charge in [-0.2, -0.15) is 5.26 Å². The van der Waals surface area contributed by atoms with Crippen LogP contribution >= 0.6 is 0 Å². The zero-order valence-electron chi connectivity index (χ0n) is 18.3. The Hall–Kier alpha value is -3.07. The molecule has 6 heteroatoms. The summed E-state index contributed by atoms with van der Waals surface area (Å²) in [6.45, 7) is 1.82. The van der Waals surface area contributed by atoms with Gasteiger partial charge in [0.1, 0.15) is 11.4 Å². The summed E-state index contributed by atoms with van der Waals surface area (Å²) in [5.74, 6) is 1.95. The number of amidine groups is 1. The van der Waals surface area contributed by atoms with E-state index in [1.807, 2.05) is 0 Å². The van der Waals surface area contributed by atoms with E-state index in [9.17, 15) is 4.79 Å².